The van der Waals surface area contributed by atoms with Gasteiger partial charge in [0.2, 0.25) is 0 Å². The Kier molecular flexibility index (Phi) is 3.81. The molecule has 0 spiro atoms. The van der Waals surface area contributed by atoms with Crippen molar-refractivity contribution in [2.75, 3.05) is 5.73 Å². The number of carboxylic acid groups (broad SMARTS) is 1. The van der Waals surface area contributed by atoms with Gasteiger partial charge in [-0.1, -0.05) is 11.6 Å². The van der Waals surface area contributed by atoms with Crippen LogP contribution < -0.4 is 10.5 Å². The molecule has 0 atom stereocenters. The lowest BCUT2D eigenvalue weighted by Crippen LogP contribution is -2.07. The van der Waals surface area contributed by atoms with Gasteiger partial charge in [-0.05, 0) is 42.8 Å². The molecule has 0 fully saturated rings. The monoisotopic (exact) mass is 295 g/mol. The van der Waals surface area contributed by atoms with Crippen molar-refractivity contribution in [3.05, 3.63) is 52.3 Å². The molecule has 2 aromatic carbocycles. The number of carboxylic acids is 1. The van der Waals surface area contributed by atoms with Gasteiger partial charge in [0, 0.05) is 5.02 Å². The van der Waals surface area contributed by atoms with Crippen molar-refractivity contribution in [3.63, 3.8) is 0 Å². The summed E-state index contributed by atoms with van der Waals surface area (Å²) in [5.41, 5.74) is 5.35. The number of nitrogen functional groups attached to an aromatic ring is 1. The summed E-state index contributed by atoms with van der Waals surface area (Å²) in [5, 5.41) is 9.66. The summed E-state index contributed by atoms with van der Waals surface area (Å²) in [5.74, 6) is -1.80. The maximum absolute atomic E-state index is 13.3. The van der Waals surface area contributed by atoms with Crippen LogP contribution in [0.1, 0.15) is 15.9 Å². The summed E-state index contributed by atoms with van der Waals surface area (Å²) < 4.78 is 18.8. The number of nitrogens with two attached hydrogens (primary N) is 1. The molecule has 0 radical (unpaired) electrons. The van der Waals surface area contributed by atoms with Crippen molar-refractivity contribution in [3.8, 4) is 11.5 Å². The zero-order valence-corrected chi connectivity index (χ0v) is 11.2. The maximum atomic E-state index is 13.3. The van der Waals surface area contributed by atoms with Crippen LogP contribution in [-0.4, -0.2) is 11.1 Å². The van der Waals surface area contributed by atoms with Gasteiger partial charge in [0.05, 0.1) is 5.69 Å². The van der Waals surface area contributed by atoms with Crippen LogP contribution in [0.5, 0.6) is 11.5 Å². The molecule has 2 aromatic rings. The Balaban J connectivity index is 2.45. The average Bonchev–Trinajstić information content (AvgIpc) is 2.38. The highest BCUT2D eigenvalue weighted by Crippen LogP contribution is 2.32. The molecular formula is C14H11ClFNO3. The van der Waals surface area contributed by atoms with E-state index in [1.165, 1.54) is 6.07 Å². The SMILES string of the molecule is Cc1cc(Oc2ccc(F)c(N)c2C(=O)O)ccc1Cl. The normalized spacial score (nSPS) is 10.3. The number of benzene rings is 2. The number of aryl methyl sites for hydroxylation is 1. The van der Waals surface area contributed by atoms with E-state index in [1.807, 2.05) is 0 Å². The van der Waals surface area contributed by atoms with Crippen molar-refractivity contribution >= 4 is 23.3 Å². The molecule has 0 aliphatic heterocycles. The summed E-state index contributed by atoms with van der Waals surface area (Å²) in [6.45, 7) is 1.78. The lowest BCUT2D eigenvalue weighted by atomic mass is 10.1. The van der Waals surface area contributed by atoms with Crippen molar-refractivity contribution in [1.29, 1.82) is 0 Å². The van der Waals surface area contributed by atoms with Gasteiger partial charge in [-0.25, -0.2) is 9.18 Å². The Bertz CT molecular complexity index is 688. The van der Waals surface area contributed by atoms with Gasteiger partial charge in [-0.15, -0.1) is 0 Å². The second kappa shape index (κ2) is 5.38. The molecule has 20 heavy (non-hydrogen) atoms. The molecule has 0 aliphatic rings. The predicted octanol–water partition coefficient (Wildman–Crippen LogP) is 3.86. The fourth-order valence-electron chi connectivity index (χ4n) is 1.69. The molecule has 0 heterocycles. The lowest BCUT2D eigenvalue weighted by molar-refractivity contribution is 0.0695. The Hall–Kier alpha value is -2.27. The average molecular weight is 296 g/mol. The van der Waals surface area contributed by atoms with Crippen LogP contribution in [0.3, 0.4) is 0 Å². The quantitative estimate of drug-likeness (QED) is 0.843. The van der Waals surface area contributed by atoms with E-state index in [9.17, 15) is 9.18 Å². The van der Waals surface area contributed by atoms with Crippen LogP contribution in [0.15, 0.2) is 30.3 Å². The third-order valence-electron chi connectivity index (χ3n) is 2.73. The fraction of sp³-hybridized carbons (Fsp3) is 0.0714. The number of rotatable bonds is 3. The van der Waals surface area contributed by atoms with E-state index in [-0.39, 0.29) is 5.75 Å². The van der Waals surface area contributed by atoms with Gasteiger partial charge >= 0.3 is 5.97 Å². The van der Waals surface area contributed by atoms with Gasteiger partial charge in [-0.3, -0.25) is 0 Å². The number of hydrogen-bond acceptors (Lipinski definition) is 3. The number of halogens is 2. The van der Waals surface area contributed by atoms with E-state index in [2.05, 4.69) is 0 Å². The smallest absolute Gasteiger partial charge is 0.341 e. The molecule has 104 valence electrons. The second-order valence-corrected chi connectivity index (χ2v) is 4.56. The lowest BCUT2D eigenvalue weighted by Gasteiger charge is -2.12. The zero-order chi connectivity index (χ0) is 14.9. The highest BCUT2D eigenvalue weighted by Gasteiger charge is 2.19. The van der Waals surface area contributed by atoms with Gasteiger partial charge in [-0.2, -0.15) is 0 Å². The van der Waals surface area contributed by atoms with Crippen molar-refractivity contribution < 1.29 is 19.0 Å². The van der Waals surface area contributed by atoms with E-state index in [0.717, 1.165) is 11.6 Å². The van der Waals surface area contributed by atoms with E-state index < -0.39 is 23.0 Å². The molecule has 0 bridgehead atoms. The summed E-state index contributed by atoms with van der Waals surface area (Å²) in [4.78, 5) is 11.2. The van der Waals surface area contributed by atoms with Crippen LogP contribution in [0.25, 0.3) is 0 Å². The van der Waals surface area contributed by atoms with E-state index >= 15 is 0 Å². The number of carbonyl (C=O) groups is 1. The summed E-state index contributed by atoms with van der Waals surface area (Å²) in [6, 6.07) is 7.13. The van der Waals surface area contributed by atoms with Crippen molar-refractivity contribution in [1.82, 2.24) is 0 Å². The van der Waals surface area contributed by atoms with Crippen LogP contribution in [0, 0.1) is 12.7 Å². The van der Waals surface area contributed by atoms with Crippen LogP contribution in [-0.2, 0) is 0 Å². The zero-order valence-electron chi connectivity index (χ0n) is 10.5. The molecule has 0 unspecified atom stereocenters. The first-order valence-electron chi connectivity index (χ1n) is 5.65. The minimum absolute atomic E-state index is 0.0295. The molecule has 4 nitrogen and oxygen atoms in total. The standard InChI is InChI=1S/C14H11ClFNO3/c1-7-6-8(2-3-9(7)15)20-11-5-4-10(16)13(17)12(11)14(18)19/h2-6H,17H2,1H3,(H,18,19). The van der Waals surface area contributed by atoms with E-state index in [4.69, 9.17) is 27.2 Å². The molecule has 0 aromatic heterocycles. The first-order valence-corrected chi connectivity index (χ1v) is 6.03. The molecule has 0 aliphatic carbocycles. The van der Waals surface area contributed by atoms with Gasteiger partial charge in [0.1, 0.15) is 22.9 Å². The molecule has 0 amide bonds. The van der Waals surface area contributed by atoms with Gasteiger partial charge in [0.25, 0.3) is 0 Å². The Morgan fingerprint density at radius 3 is 2.65 bits per heavy atom. The topological polar surface area (TPSA) is 72.5 Å². The predicted molar refractivity (Wildman–Crippen MR) is 74.0 cm³/mol. The van der Waals surface area contributed by atoms with Gasteiger partial charge in [0.15, 0.2) is 0 Å². The summed E-state index contributed by atoms with van der Waals surface area (Å²) in [6.07, 6.45) is 0. The van der Waals surface area contributed by atoms with Gasteiger partial charge < -0.3 is 15.6 Å². The molecular weight excluding hydrogens is 285 g/mol. The minimum Gasteiger partial charge on any atom is -0.477 e. The first-order chi connectivity index (χ1) is 9.40. The first kappa shape index (κ1) is 14.1. The molecule has 6 heteroatoms. The van der Waals surface area contributed by atoms with Crippen LogP contribution >= 0.6 is 11.6 Å². The largest absolute Gasteiger partial charge is 0.477 e. The minimum atomic E-state index is -1.36. The number of aromatic carboxylic acids is 1. The highest BCUT2D eigenvalue weighted by atomic mass is 35.5. The molecule has 0 saturated carbocycles. The van der Waals surface area contributed by atoms with E-state index in [1.54, 1.807) is 25.1 Å². The Morgan fingerprint density at radius 1 is 1.35 bits per heavy atom. The van der Waals surface area contributed by atoms with Crippen LogP contribution in [0.2, 0.25) is 5.02 Å². The summed E-state index contributed by atoms with van der Waals surface area (Å²) in [7, 11) is 0. The third-order valence-corrected chi connectivity index (χ3v) is 3.15. The van der Waals surface area contributed by atoms with Crippen molar-refractivity contribution in [2.45, 2.75) is 6.92 Å². The second-order valence-electron chi connectivity index (χ2n) is 4.15. The number of ether oxygens (including phenoxy) is 1. The Morgan fingerprint density at radius 2 is 2.05 bits per heavy atom. The van der Waals surface area contributed by atoms with E-state index in [0.29, 0.717) is 10.8 Å². The molecule has 3 N–H and O–H groups in total. The molecule has 0 saturated heterocycles. The maximum Gasteiger partial charge on any atom is 0.341 e. The van der Waals surface area contributed by atoms with Crippen LogP contribution in [0.4, 0.5) is 10.1 Å². The number of anilines is 1. The fourth-order valence-corrected chi connectivity index (χ4v) is 1.80. The number of hydrogen-bond donors (Lipinski definition) is 2. The third kappa shape index (κ3) is 2.67. The summed E-state index contributed by atoms with van der Waals surface area (Å²) >= 11 is 5.89. The highest BCUT2D eigenvalue weighted by molar-refractivity contribution is 6.31. The van der Waals surface area contributed by atoms with Crippen molar-refractivity contribution in [2.24, 2.45) is 0 Å². The Labute approximate surface area is 119 Å². The molecule has 2 rings (SSSR count).